The maximum Gasteiger partial charge on any atom is 0.302 e. The van der Waals surface area contributed by atoms with Crippen LogP contribution in [0.4, 0.5) is 0 Å². The van der Waals surface area contributed by atoms with Crippen LogP contribution in [0.3, 0.4) is 0 Å². The largest absolute Gasteiger partial charge is 0.461 e. The second-order valence-electron chi connectivity index (χ2n) is 7.02. The summed E-state index contributed by atoms with van der Waals surface area (Å²) in [6.07, 6.45) is 0.537. The minimum absolute atomic E-state index is 0.163. The number of esters is 1. The molecule has 0 heterocycles. The molecular weight excluding hydrogens is 323 g/mol. The Morgan fingerprint density at radius 2 is 1.58 bits per heavy atom. The number of nitrogens with zero attached hydrogens (tertiary/aromatic N) is 1. The molecule has 0 saturated heterocycles. The Bertz CT molecular complexity index is 736. The molecule has 0 radical (unpaired) electrons. The quantitative estimate of drug-likeness (QED) is 0.508. The molecule has 0 bridgehead atoms. The van der Waals surface area contributed by atoms with Crippen LogP contribution in [-0.4, -0.2) is 37.1 Å². The van der Waals surface area contributed by atoms with Gasteiger partial charge in [0.25, 0.3) is 0 Å². The highest BCUT2D eigenvalue weighted by Crippen LogP contribution is 2.43. The third-order valence-corrected chi connectivity index (χ3v) is 5.25. The molecule has 0 amide bonds. The lowest BCUT2D eigenvalue weighted by molar-refractivity contribution is -0.150. The Hall–Kier alpha value is -2.13. The lowest BCUT2D eigenvalue weighted by atomic mass is 9.66. The molecule has 0 spiro atoms. The van der Waals surface area contributed by atoms with Gasteiger partial charge in [0.2, 0.25) is 0 Å². The van der Waals surface area contributed by atoms with Gasteiger partial charge in [-0.1, -0.05) is 67.6 Å². The minimum Gasteiger partial charge on any atom is -0.461 e. The predicted molar refractivity (Wildman–Crippen MR) is 107 cm³/mol. The van der Waals surface area contributed by atoms with Crippen molar-refractivity contribution in [3.8, 4) is 0 Å². The Morgan fingerprint density at radius 1 is 1.08 bits per heavy atom. The molecule has 0 aromatic heterocycles. The summed E-state index contributed by atoms with van der Waals surface area (Å²) in [6, 6.07) is 20.0. The van der Waals surface area contributed by atoms with E-state index < -0.39 is 24.3 Å². The molecule has 2 atom stereocenters. The number of ether oxygens (including phenoxy) is 1. The average Bonchev–Trinajstić information content (AvgIpc) is 2.70. The molecule has 2 aromatic rings. The van der Waals surface area contributed by atoms with Crippen molar-refractivity contribution in [2.24, 2.45) is 0 Å². The second-order valence-corrected chi connectivity index (χ2v) is 7.02. The van der Waals surface area contributed by atoms with Crippen molar-refractivity contribution in [2.45, 2.75) is 51.1 Å². The van der Waals surface area contributed by atoms with Gasteiger partial charge in [-0.2, -0.15) is 0 Å². The van der Waals surface area contributed by atoms with Gasteiger partial charge in [0.15, 0.2) is 0 Å². The summed E-state index contributed by atoms with van der Waals surface area (Å²) in [6.45, 7) is 1.26. The summed E-state index contributed by atoms with van der Waals surface area (Å²) < 4.78 is 28.1. The molecule has 3 nitrogen and oxygen atoms in total. The smallest absolute Gasteiger partial charge is 0.302 e. The van der Waals surface area contributed by atoms with Crippen LogP contribution in [0.5, 0.6) is 0 Å². The fourth-order valence-electron chi connectivity index (χ4n) is 3.69. The highest BCUT2D eigenvalue weighted by molar-refractivity contribution is 5.66. The maximum absolute atomic E-state index is 12.4. The normalized spacial score (nSPS) is 16.3. The van der Waals surface area contributed by atoms with Crippen LogP contribution < -0.4 is 0 Å². The minimum atomic E-state index is -2.79. The zero-order valence-corrected chi connectivity index (χ0v) is 16.1. The molecule has 2 rings (SSSR count). The first-order valence-corrected chi connectivity index (χ1v) is 9.11. The van der Waals surface area contributed by atoms with Crippen LogP contribution in [0, 0.1) is 0 Å². The van der Waals surface area contributed by atoms with Crippen molar-refractivity contribution in [3.63, 3.8) is 0 Å². The molecule has 140 valence electrons. The summed E-state index contributed by atoms with van der Waals surface area (Å²) in [4.78, 5) is 14.5. The summed E-state index contributed by atoms with van der Waals surface area (Å²) in [7, 11) is 4.03. The molecule has 0 N–H and O–H groups in total. The first-order chi connectivity index (χ1) is 13.6. The summed E-state index contributed by atoms with van der Waals surface area (Å²) >= 11 is 0. The van der Waals surface area contributed by atoms with Gasteiger partial charge >= 0.3 is 5.97 Å². The Balaban J connectivity index is 2.71. The van der Waals surface area contributed by atoms with Gasteiger partial charge in [-0.15, -0.1) is 0 Å². The van der Waals surface area contributed by atoms with Gasteiger partial charge in [-0.3, -0.25) is 4.79 Å². The Morgan fingerprint density at radius 3 is 1.96 bits per heavy atom. The van der Waals surface area contributed by atoms with Gasteiger partial charge in [0.05, 0.1) is 5.41 Å². The fraction of sp³-hybridized carbons (Fsp3) is 0.435. The van der Waals surface area contributed by atoms with Gasteiger partial charge in [0, 0.05) is 17.0 Å². The van der Waals surface area contributed by atoms with E-state index in [1.807, 2.05) is 81.7 Å². The number of hydrogen-bond acceptors (Lipinski definition) is 3. The number of carbonyl (C=O) groups excluding carboxylic acids is 1. The highest BCUT2D eigenvalue weighted by atomic mass is 16.5. The van der Waals surface area contributed by atoms with Crippen LogP contribution in [-0.2, 0) is 14.9 Å². The van der Waals surface area contributed by atoms with Crippen LogP contribution in [0.15, 0.2) is 60.7 Å². The Labute approximate surface area is 162 Å². The molecular formula is C23H31NO2. The first-order valence-electron chi connectivity index (χ1n) is 10.6. The van der Waals surface area contributed by atoms with Gasteiger partial charge < -0.3 is 9.64 Å². The molecule has 0 fully saturated rings. The van der Waals surface area contributed by atoms with E-state index in [0.29, 0.717) is 12.8 Å². The highest BCUT2D eigenvalue weighted by Gasteiger charge is 2.44. The van der Waals surface area contributed by atoms with Crippen molar-refractivity contribution in [2.75, 3.05) is 14.1 Å². The van der Waals surface area contributed by atoms with E-state index in [4.69, 9.17) is 8.85 Å². The fourth-order valence-corrected chi connectivity index (χ4v) is 3.69. The number of rotatable bonds is 8. The predicted octanol–water partition coefficient (Wildman–Crippen LogP) is 4.65. The van der Waals surface area contributed by atoms with Gasteiger partial charge in [0.1, 0.15) is 6.10 Å². The molecule has 2 aromatic carbocycles. The van der Waals surface area contributed by atoms with E-state index in [1.54, 1.807) is 0 Å². The number of benzene rings is 2. The van der Waals surface area contributed by atoms with E-state index in [1.165, 1.54) is 0 Å². The van der Waals surface area contributed by atoms with E-state index >= 15 is 0 Å². The van der Waals surface area contributed by atoms with Crippen LogP contribution in [0.1, 0.15) is 48.8 Å². The van der Waals surface area contributed by atoms with E-state index in [0.717, 1.165) is 11.1 Å². The van der Waals surface area contributed by atoms with Crippen LogP contribution in [0.25, 0.3) is 0 Å². The monoisotopic (exact) mass is 357 g/mol. The van der Waals surface area contributed by atoms with Crippen molar-refractivity contribution in [1.29, 1.82) is 0 Å². The van der Waals surface area contributed by atoms with Gasteiger partial charge in [-0.25, -0.2) is 0 Å². The molecule has 3 heteroatoms. The van der Waals surface area contributed by atoms with Crippen molar-refractivity contribution < 1.29 is 13.6 Å². The molecule has 0 aliphatic heterocycles. The van der Waals surface area contributed by atoms with Crippen LogP contribution >= 0.6 is 0 Å². The molecule has 0 saturated carbocycles. The summed E-state index contributed by atoms with van der Waals surface area (Å²) in [5.41, 5.74) is 1.33. The van der Waals surface area contributed by atoms with Gasteiger partial charge in [-0.05, 0) is 45.0 Å². The number of hydrogen-bond donors (Lipinski definition) is 0. The standard InChI is InChI=1S/C23H31NO2/c1-6-22(26-19(3)25)23(17-18(2)24(4)5,20-13-9-7-10-14-20)21-15-11-8-12-16-21/h7-16,18,22H,6,17H2,1-5H3/i3+1D3. The van der Waals surface area contributed by atoms with E-state index in [9.17, 15) is 4.79 Å². The third-order valence-electron chi connectivity index (χ3n) is 5.25. The average molecular weight is 358 g/mol. The Kier molecular flexibility index (Phi) is 5.56. The summed E-state index contributed by atoms with van der Waals surface area (Å²) in [5, 5.41) is 0. The molecule has 0 aliphatic carbocycles. The zero-order valence-electron chi connectivity index (χ0n) is 19.1. The van der Waals surface area contributed by atoms with Crippen molar-refractivity contribution in [3.05, 3.63) is 71.8 Å². The molecule has 0 aliphatic rings. The SMILES string of the molecule is [2H][13C]([2H])([2H])C(=O)OC(CC)C(CC(C)N(C)C)(c1ccccc1)c1ccccc1. The first kappa shape index (κ1) is 16.1. The lowest BCUT2D eigenvalue weighted by Gasteiger charge is -2.43. The molecule has 2 unspecified atom stereocenters. The van der Waals surface area contributed by atoms with Crippen molar-refractivity contribution in [1.82, 2.24) is 4.90 Å². The summed E-state index contributed by atoms with van der Waals surface area (Å²) in [5.74, 6) is -1.15. The van der Waals surface area contributed by atoms with Crippen LogP contribution in [0.2, 0.25) is 0 Å². The van der Waals surface area contributed by atoms with E-state index in [-0.39, 0.29) is 6.04 Å². The zero-order chi connectivity index (χ0) is 21.7. The lowest BCUT2D eigenvalue weighted by Crippen LogP contribution is -2.47. The molecule has 26 heavy (non-hydrogen) atoms. The van der Waals surface area contributed by atoms with E-state index in [2.05, 4.69) is 11.8 Å². The van der Waals surface area contributed by atoms with Crippen molar-refractivity contribution >= 4 is 5.97 Å². The maximum atomic E-state index is 12.4. The topological polar surface area (TPSA) is 29.5 Å². The second kappa shape index (κ2) is 9.00. The number of carbonyl (C=O) groups is 1. The third kappa shape index (κ3) is 4.34.